The standard InChI is InChI=1S/C14H30O/c1-7-14(5,6)10-13(15)9-12(4)8-11(2)3/h11-13,15H,7-10H2,1-6H3. The largest absolute Gasteiger partial charge is 0.393 e. The Hall–Kier alpha value is -0.0400. The van der Waals surface area contributed by atoms with Crippen LogP contribution in [0.2, 0.25) is 0 Å². The topological polar surface area (TPSA) is 20.2 Å². The lowest BCUT2D eigenvalue weighted by Gasteiger charge is -2.27. The first-order valence-electron chi connectivity index (χ1n) is 6.45. The molecule has 0 rings (SSSR count). The fourth-order valence-corrected chi connectivity index (χ4v) is 2.23. The van der Waals surface area contributed by atoms with E-state index < -0.39 is 0 Å². The van der Waals surface area contributed by atoms with Crippen LogP contribution in [0.5, 0.6) is 0 Å². The predicted octanol–water partition coefficient (Wildman–Crippen LogP) is 4.25. The second-order valence-electron chi connectivity index (χ2n) is 6.35. The van der Waals surface area contributed by atoms with Crippen molar-refractivity contribution in [3.8, 4) is 0 Å². The van der Waals surface area contributed by atoms with Gasteiger partial charge in [0, 0.05) is 0 Å². The summed E-state index contributed by atoms with van der Waals surface area (Å²) >= 11 is 0. The smallest absolute Gasteiger partial charge is 0.0547 e. The van der Waals surface area contributed by atoms with Crippen molar-refractivity contribution in [2.45, 2.75) is 73.3 Å². The van der Waals surface area contributed by atoms with Crippen LogP contribution in [0.1, 0.15) is 67.2 Å². The average molecular weight is 214 g/mol. The SMILES string of the molecule is CCC(C)(C)CC(O)CC(C)CC(C)C. The van der Waals surface area contributed by atoms with Gasteiger partial charge in [0.15, 0.2) is 0 Å². The lowest BCUT2D eigenvalue weighted by atomic mass is 9.81. The van der Waals surface area contributed by atoms with Crippen molar-refractivity contribution in [3.05, 3.63) is 0 Å². The van der Waals surface area contributed by atoms with Crippen LogP contribution in [0, 0.1) is 17.3 Å². The number of hydrogen-bond donors (Lipinski definition) is 1. The molecule has 0 saturated carbocycles. The van der Waals surface area contributed by atoms with Gasteiger partial charge in [0.2, 0.25) is 0 Å². The molecule has 0 saturated heterocycles. The highest BCUT2D eigenvalue weighted by Crippen LogP contribution is 2.29. The molecule has 0 heterocycles. The monoisotopic (exact) mass is 214 g/mol. The molecule has 0 bridgehead atoms. The molecule has 0 aliphatic carbocycles. The maximum Gasteiger partial charge on any atom is 0.0547 e. The van der Waals surface area contributed by atoms with E-state index in [1.54, 1.807) is 0 Å². The van der Waals surface area contributed by atoms with Gasteiger partial charge in [0.05, 0.1) is 6.10 Å². The zero-order chi connectivity index (χ0) is 12.1. The van der Waals surface area contributed by atoms with Crippen molar-refractivity contribution >= 4 is 0 Å². The first-order chi connectivity index (χ1) is 6.76. The summed E-state index contributed by atoms with van der Waals surface area (Å²) in [6.45, 7) is 13.4. The maximum absolute atomic E-state index is 10.00. The van der Waals surface area contributed by atoms with Crippen LogP contribution in [-0.2, 0) is 0 Å². The van der Waals surface area contributed by atoms with E-state index in [-0.39, 0.29) is 11.5 Å². The zero-order valence-electron chi connectivity index (χ0n) is 11.5. The molecule has 1 heteroatoms. The van der Waals surface area contributed by atoms with Crippen molar-refractivity contribution in [2.75, 3.05) is 0 Å². The molecule has 0 aromatic carbocycles. The molecule has 0 aliphatic rings. The third kappa shape index (κ3) is 7.84. The molecule has 0 spiro atoms. The molecule has 1 nitrogen and oxygen atoms in total. The molecular weight excluding hydrogens is 184 g/mol. The fraction of sp³-hybridized carbons (Fsp3) is 1.00. The Balaban J connectivity index is 3.87. The van der Waals surface area contributed by atoms with E-state index in [9.17, 15) is 5.11 Å². The lowest BCUT2D eigenvalue weighted by molar-refractivity contribution is 0.0874. The van der Waals surface area contributed by atoms with Gasteiger partial charge in [-0.25, -0.2) is 0 Å². The van der Waals surface area contributed by atoms with Crippen molar-refractivity contribution in [3.63, 3.8) is 0 Å². The van der Waals surface area contributed by atoms with Gasteiger partial charge in [-0.05, 0) is 36.5 Å². The normalized spacial score (nSPS) is 16.8. The van der Waals surface area contributed by atoms with Gasteiger partial charge in [0.1, 0.15) is 0 Å². The first kappa shape index (κ1) is 15.0. The zero-order valence-corrected chi connectivity index (χ0v) is 11.5. The molecule has 0 aliphatic heterocycles. The Morgan fingerprint density at radius 1 is 1.07 bits per heavy atom. The fourth-order valence-electron chi connectivity index (χ4n) is 2.23. The minimum atomic E-state index is -0.117. The van der Waals surface area contributed by atoms with E-state index in [0.717, 1.165) is 25.2 Å². The Bertz CT molecular complexity index is 161. The van der Waals surface area contributed by atoms with E-state index in [4.69, 9.17) is 0 Å². The summed E-state index contributed by atoms with van der Waals surface area (Å²) in [7, 11) is 0. The summed E-state index contributed by atoms with van der Waals surface area (Å²) in [6, 6.07) is 0. The van der Waals surface area contributed by atoms with Crippen molar-refractivity contribution in [2.24, 2.45) is 17.3 Å². The van der Waals surface area contributed by atoms with Crippen LogP contribution >= 0.6 is 0 Å². The van der Waals surface area contributed by atoms with Crippen LogP contribution in [-0.4, -0.2) is 11.2 Å². The van der Waals surface area contributed by atoms with Crippen molar-refractivity contribution in [1.29, 1.82) is 0 Å². The maximum atomic E-state index is 10.00. The van der Waals surface area contributed by atoms with E-state index >= 15 is 0 Å². The third-order valence-corrected chi connectivity index (χ3v) is 3.29. The predicted molar refractivity (Wildman–Crippen MR) is 67.9 cm³/mol. The van der Waals surface area contributed by atoms with Crippen LogP contribution in [0.15, 0.2) is 0 Å². The summed E-state index contributed by atoms with van der Waals surface area (Å²) < 4.78 is 0. The van der Waals surface area contributed by atoms with Crippen LogP contribution in [0.25, 0.3) is 0 Å². The molecule has 0 amide bonds. The highest BCUT2D eigenvalue weighted by atomic mass is 16.3. The second-order valence-corrected chi connectivity index (χ2v) is 6.35. The van der Waals surface area contributed by atoms with Gasteiger partial charge >= 0.3 is 0 Å². The van der Waals surface area contributed by atoms with Crippen molar-refractivity contribution in [1.82, 2.24) is 0 Å². The Morgan fingerprint density at radius 2 is 1.60 bits per heavy atom. The lowest BCUT2D eigenvalue weighted by Crippen LogP contribution is -2.22. The number of aliphatic hydroxyl groups excluding tert-OH is 1. The molecule has 1 N–H and O–H groups in total. The number of rotatable bonds is 7. The summed E-state index contributed by atoms with van der Waals surface area (Å²) in [5.41, 5.74) is 0.289. The molecule has 92 valence electrons. The van der Waals surface area contributed by atoms with E-state index in [2.05, 4.69) is 41.5 Å². The number of hydrogen-bond acceptors (Lipinski definition) is 1. The van der Waals surface area contributed by atoms with Crippen LogP contribution in [0.4, 0.5) is 0 Å². The van der Waals surface area contributed by atoms with Gasteiger partial charge in [0.25, 0.3) is 0 Å². The van der Waals surface area contributed by atoms with Gasteiger partial charge in [-0.2, -0.15) is 0 Å². The molecule has 0 radical (unpaired) electrons. The highest BCUT2D eigenvalue weighted by Gasteiger charge is 2.21. The second kappa shape index (κ2) is 6.52. The van der Waals surface area contributed by atoms with Gasteiger partial charge in [-0.1, -0.05) is 48.0 Å². The van der Waals surface area contributed by atoms with E-state index in [0.29, 0.717) is 5.92 Å². The average Bonchev–Trinajstić information content (AvgIpc) is 2.00. The molecule has 2 unspecified atom stereocenters. The van der Waals surface area contributed by atoms with Gasteiger partial charge in [-0.3, -0.25) is 0 Å². The minimum absolute atomic E-state index is 0.117. The summed E-state index contributed by atoms with van der Waals surface area (Å²) in [5.74, 6) is 1.39. The third-order valence-electron chi connectivity index (χ3n) is 3.29. The van der Waals surface area contributed by atoms with Crippen LogP contribution in [0.3, 0.4) is 0 Å². The Labute approximate surface area is 96.3 Å². The molecule has 0 fully saturated rings. The summed E-state index contributed by atoms with van der Waals surface area (Å²) in [6.07, 6.45) is 4.15. The first-order valence-corrected chi connectivity index (χ1v) is 6.45. The van der Waals surface area contributed by atoms with Gasteiger partial charge < -0.3 is 5.11 Å². The highest BCUT2D eigenvalue weighted by molar-refractivity contribution is 4.73. The summed E-state index contributed by atoms with van der Waals surface area (Å²) in [5, 5.41) is 10.00. The Morgan fingerprint density at radius 3 is 2.00 bits per heavy atom. The quantitative estimate of drug-likeness (QED) is 0.672. The minimum Gasteiger partial charge on any atom is -0.393 e. The van der Waals surface area contributed by atoms with E-state index in [1.807, 2.05) is 0 Å². The molecule has 15 heavy (non-hydrogen) atoms. The van der Waals surface area contributed by atoms with Gasteiger partial charge in [-0.15, -0.1) is 0 Å². The molecule has 0 aromatic rings. The summed E-state index contributed by atoms with van der Waals surface area (Å²) in [4.78, 5) is 0. The Kier molecular flexibility index (Phi) is 6.51. The molecule has 0 aromatic heterocycles. The van der Waals surface area contributed by atoms with Crippen molar-refractivity contribution < 1.29 is 5.11 Å². The molecular formula is C14H30O. The van der Waals surface area contributed by atoms with E-state index in [1.165, 1.54) is 6.42 Å². The van der Waals surface area contributed by atoms with Crippen LogP contribution < -0.4 is 0 Å². The number of aliphatic hydroxyl groups is 1. The molecule has 2 atom stereocenters.